The molecule has 0 amide bonds. The van der Waals surface area contributed by atoms with Crippen LogP contribution in [0.3, 0.4) is 0 Å². The van der Waals surface area contributed by atoms with Crippen molar-refractivity contribution < 1.29 is 13.3 Å². The summed E-state index contributed by atoms with van der Waals surface area (Å²) in [5.74, 6) is 0. The van der Waals surface area contributed by atoms with Gasteiger partial charge in [0.25, 0.3) is 5.69 Å². The first-order chi connectivity index (χ1) is 16.3. The van der Waals surface area contributed by atoms with Gasteiger partial charge < -0.3 is 0 Å². The van der Waals surface area contributed by atoms with Gasteiger partial charge in [-0.05, 0) is 49.4 Å². The monoisotopic (exact) mass is 470 g/mol. The summed E-state index contributed by atoms with van der Waals surface area (Å²) in [4.78, 5) is 10.1. The van der Waals surface area contributed by atoms with Crippen molar-refractivity contribution in [3.05, 3.63) is 111 Å². The molecule has 0 aliphatic rings. The molecule has 0 saturated heterocycles. The van der Waals surface area contributed by atoms with E-state index in [0.29, 0.717) is 16.8 Å². The number of sulfone groups is 1. The van der Waals surface area contributed by atoms with Crippen LogP contribution in [0, 0.1) is 28.4 Å². The molecule has 168 valence electrons. The largest absolute Gasteiger partial charge is 0.269 e. The molecule has 4 rings (SSSR count). The van der Waals surface area contributed by atoms with E-state index in [1.54, 1.807) is 29.1 Å². The fourth-order valence-electron chi connectivity index (χ4n) is 3.33. The number of nitro groups is 1. The third-order valence-corrected chi connectivity index (χ3v) is 6.81. The zero-order valence-corrected chi connectivity index (χ0v) is 18.8. The minimum Gasteiger partial charge on any atom is -0.258 e. The maximum atomic E-state index is 13.1. The highest BCUT2D eigenvalue weighted by Gasteiger charge is 2.22. The molecule has 8 nitrogen and oxygen atoms in total. The van der Waals surface area contributed by atoms with Crippen molar-refractivity contribution in [2.45, 2.75) is 11.8 Å². The van der Waals surface area contributed by atoms with Crippen LogP contribution in [0.4, 0.5) is 5.69 Å². The zero-order valence-electron chi connectivity index (χ0n) is 18.0. The number of aryl methyl sites for hydroxylation is 1. The Morgan fingerprint density at radius 1 is 1.03 bits per heavy atom. The summed E-state index contributed by atoms with van der Waals surface area (Å²) in [7, 11) is -4.06. The summed E-state index contributed by atoms with van der Waals surface area (Å²) >= 11 is 0. The quantitative estimate of drug-likeness (QED) is 0.220. The van der Waals surface area contributed by atoms with Crippen LogP contribution < -0.4 is 0 Å². The molecule has 34 heavy (non-hydrogen) atoms. The summed E-state index contributed by atoms with van der Waals surface area (Å²) < 4.78 is 27.8. The summed E-state index contributed by atoms with van der Waals surface area (Å²) in [6, 6.07) is 23.0. The minimum atomic E-state index is -4.06. The highest BCUT2D eigenvalue weighted by Crippen LogP contribution is 2.29. The Hall–Kier alpha value is -4.55. The van der Waals surface area contributed by atoms with Gasteiger partial charge >= 0.3 is 0 Å². The molecule has 1 heterocycles. The Bertz CT molecular complexity index is 1530. The molecule has 0 unspecified atom stereocenters. The topological polar surface area (TPSA) is 119 Å². The van der Waals surface area contributed by atoms with Gasteiger partial charge in [0, 0.05) is 29.5 Å². The van der Waals surface area contributed by atoms with Crippen LogP contribution in [0.1, 0.15) is 11.1 Å². The number of para-hydroxylation sites is 1. The summed E-state index contributed by atoms with van der Waals surface area (Å²) in [6.45, 7) is 1.84. The Kier molecular flexibility index (Phi) is 6.08. The van der Waals surface area contributed by atoms with Gasteiger partial charge in [-0.3, -0.25) is 10.1 Å². The number of aromatic nitrogens is 2. The lowest BCUT2D eigenvalue weighted by atomic mass is 10.1. The third kappa shape index (κ3) is 4.48. The summed E-state index contributed by atoms with van der Waals surface area (Å²) in [6.07, 6.45) is 2.90. The van der Waals surface area contributed by atoms with E-state index in [9.17, 15) is 23.8 Å². The Morgan fingerprint density at radius 2 is 1.68 bits per heavy atom. The van der Waals surface area contributed by atoms with Crippen molar-refractivity contribution in [2.75, 3.05) is 0 Å². The normalized spacial score (nSPS) is 11.7. The molecule has 0 spiro atoms. The lowest BCUT2D eigenvalue weighted by Gasteiger charge is -2.04. The van der Waals surface area contributed by atoms with Crippen molar-refractivity contribution >= 4 is 21.6 Å². The molecule has 3 aromatic carbocycles. The van der Waals surface area contributed by atoms with E-state index in [0.717, 1.165) is 11.3 Å². The highest BCUT2D eigenvalue weighted by atomic mass is 32.2. The van der Waals surface area contributed by atoms with Gasteiger partial charge in [-0.25, -0.2) is 13.1 Å². The van der Waals surface area contributed by atoms with Crippen LogP contribution in [0.2, 0.25) is 0 Å². The fraction of sp³-hybridized carbons (Fsp3) is 0.0400. The maximum Gasteiger partial charge on any atom is 0.269 e. The first kappa shape index (κ1) is 22.6. The lowest BCUT2D eigenvalue weighted by molar-refractivity contribution is -0.384. The number of nitro benzene ring substituents is 1. The van der Waals surface area contributed by atoms with Crippen LogP contribution in [0.25, 0.3) is 23.0 Å². The van der Waals surface area contributed by atoms with Crippen molar-refractivity contribution in [3.8, 4) is 23.0 Å². The predicted octanol–water partition coefficient (Wildman–Crippen LogP) is 5.09. The first-order valence-electron chi connectivity index (χ1n) is 10.1. The van der Waals surface area contributed by atoms with Crippen LogP contribution in [-0.2, 0) is 9.84 Å². The number of non-ortho nitro benzene ring substituents is 1. The van der Waals surface area contributed by atoms with E-state index in [-0.39, 0.29) is 10.6 Å². The van der Waals surface area contributed by atoms with E-state index in [1.165, 1.54) is 42.5 Å². The zero-order chi connectivity index (χ0) is 24.3. The van der Waals surface area contributed by atoms with E-state index in [2.05, 4.69) is 5.10 Å². The Labute approximate surface area is 196 Å². The lowest BCUT2D eigenvalue weighted by Crippen LogP contribution is -2.03. The molecule has 0 bridgehead atoms. The number of hydrogen-bond acceptors (Lipinski definition) is 6. The molecule has 0 aliphatic heterocycles. The van der Waals surface area contributed by atoms with Gasteiger partial charge in [-0.15, -0.1) is 0 Å². The smallest absolute Gasteiger partial charge is 0.258 e. The average molecular weight is 471 g/mol. The highest BCUT2D eigenvalue weighted by molar-refractivity contribution is 7.95. The molecule has 4 aromatic rings. The van der Waals surface area contributed by atoms with Gasteiger partial charge in [0.1, 0.15) is 16.7 Å². The van der Waals surface area contributed by atoms with Gasteiger partial charge in [0.15, 0.2) is 0 Å². The number of hydrogen-bond donors (Lipinski definition) is 0. The van der Waals surface area contributed by atoms with Crippen LogP contribution >= 0.6 is 0 Å². The van der Waals surface area contributed by atoms with Gasteiger partial charge in [-0.2, -0.15) is 10.4 Å². The van der Waals surface area contributed by atoms with Crippen molar-refractivity contribution in [1.82, 2.24) is 9.78 Å². The Morgan fingerprint density at radius 3 is 2.26 bits per heavy atom. The van der Waals surface area contributed by atoms with E-state index in [4.69, 9.17) is 0 Å². The van der Waals surface area contributed by atoms with Crippen molar-refractivity contribution in [2.24, 2.45) is 0 Å². The number of nitrogens with zero attached hydrogens (tertiary/aromatic N) is 4. The van der Waals surface area contributed by atoms with Gasteiger partial charge in [0.05, 0.1) is 15.5 Å². The SMILES string of the molecule is Cc1ccc(S(=O)(=O)/C(C#N)=C/c2cn(-c3ccccc3)nc2-c2ccc([N+](=O)[O-])cc2)cc1. The van der Waals surface area contributed by atoms with Crippen LogP contribution in [0.5, 0.6) is 0 Å². The maximum absolute atomic E-state index is 13.1. The molecule has 0 atom stereocenters. The molecule has 0 fully saturated rings. The second-order valence-electron chi connectivity index (χ2n) is 7.45. The van der Waals surface area contributed by atoms with E-state index < -0.39 is 19.7 Å². The molecule has 0 saturated carbocycles. The number of allylic oxidation sites excluding steroid dienone is 1. The fourth-order valence-corrected chi connectivity index (χ4v) is 4.48. The number of rotatable bonds is 6. The van der Waals surface area contributed by atoms with Crippen LogP contribution in [0.15, 0.2) is 94.9 Å². The Balaban J connectivity index is 1.87. The molecular formula is C25H18N4O4S. The molecule has 1 aromatic heterocycles. The van der Waals surface area contributed by atoms with Crippen molar-refractivity contribution in [1.29, 1.82) is 5.26 Å². The van der Waals surface area contributed by atoms with Gasteiger partial charge in [0.2, 0.25) is 9.84 Å². The third-order valence-electron chi connectivity index (χ3n) is 5.13. The van der Waals surface area contributed by atoms with Gasteiger partial charge in [-0.1, -0.05) is 35.9 Å². The predicted molar refractivity (Wildman–Crippen MR) is 128 cm³/mol. The average Bonchev–Trinajstić information content (AvgIpc) is 3.27. The molecule has 9 heteroatoms. The first-order valence-corrected chi connectivity index (χ1v) is 11.6. The van der Waals surface area contributed by atoms with Crippen LogP contribution in [-0.4, -0.2) is 23.1 Å². The summed E-state index contributed by atoms with van der Waals surface area (Å²) in [5, 5.41) is 25.3. The van der Waals surface area contributed by atoms with E-state index >= 15 is 0 Å². The minimum absolute atomic E-state index is 0.0123. The van der Waals surface area contributed by atoms with E-state index in [1.807, 2.05) is 37.3 Å². The number of benzene rings is 3. The second kappa shape index (κ2) is 9.13. The number of nitriles is 1. The van der Waals surface area contributed by atoms with Crippen molar-refractivity contribution in [3.63, 3.8) is 0 Å². The molecule has 0 aliphatic carbocycles. The standard InChI is InChI=1S/C25H18N4O4S/c1-18-7-13-23(14-8-18)34(32,33)24(16-26)15-20-17-28(21-5-3-2-4-6-21)27-25(20)19-9-11-22(12-10-19)29(30)31/h2-15,17H,1H3/b24-15+. The molecular weight excluding hydrogens is 452 g/mol. The molecule has 0 radical (unpaired) electrons. The summed E-state index contributed by atoms with van der Waals surface area (Å²) in [5.41, 5.74) is 2.84. The second-order valence-corrected chi connectivity index (χ2v) is 9.37. The molecule has 0 N–H and O–H groups in total.